The molecule has 3 unspecified atom stereocenters. The van der Waals surface area contributed by atoms with Crippen LogP contribution in [0.2, 0.25) is 0 Å². The van der Waals surface area contributed by atoms with Crippen LogP contribution in [0.4, 0.5) is 4.79 Å². The summed E-state index contributed by atoms with van der Waals surface area (Å²) < 4.78 is 9.80. The number of esters is 1. The van der Waals surface area contributed by atoms with Crippen molar-refractivity contribution in [2.75, 3.05) is 12.9 Å². The van der Waals surface area contributed by atoms with Crippen molar-refractivity contribution in [3.8, 4) is 0 Å². The van der Waals surface area contributed by atoms with Crippen molar-refractivity contribution in [2.24, 2.45) is 5.92 Å². The van der Waals surface area contributed by atoms with E-state index in [1.165, 1.54) is 7.11 Å². The summed E-state index contributed by atoms with van der Waals surface area (Å²) in [6.07, 6.45) is -0.620. The van der Waals surface area contributed by atoms with E-state index in [0.29, 0.717) is 12.8 Å². The fraction of sp³-hybridized carbons (Fsp3) is 0.824. The summed E-state index contributed by atoms with van der Waals surface area (Å²) in [5.74, 6) is -1.62. The second-order valence-electron chi connectivity index (χ2n) is 6.96. The summed E-state index contributed by atoms with van der Waals surface area (Å²) in [5, 5.41) is 15.3. The molecule has 8 nitrogen and oxygen atoms in total. The van der Waals surface area contributed by atoms with Gasteiger partial charge in [-0.15, -0.1) is 0 Å². The molecule has 0 rings (SSSR count). The standard InChI is InChI=1S/C17H32N2O6S/c1-7-10(8-2)13(20)12(15(22)24-6)19-14(21)11(9-26)18-16(23)25-17(3,4)5/h10-13,20,26H,7-9H2,1-6H3,(H,18,23)(H,19,21). The van der Waals surface area contributed by atoms with Gasteiger partial charge in [0.25, 0.3) is 0 Å². The lowest BCUT2D eigenvalue weighted by Crippen LogP contribution is -2.57. The first kappa shape index (κ1) is 24.5. The number of amides is 2. The zero-order chi connectivity index (χ0) is 20.5. The number of nitrogens with one attached hydrogen (secondary N) is 2. The van der Waals surface area contributed by atoms with Crippen LogP contribution in [0.25, 0.3) is 0 Å². The molecule has 9 heteroatoms. The maximum absolute atomic E-state index is 12.5. The van der Waals surface area contributed by atoms with E-state index >= 15 is 0 Å². The van der Waals surface area contributed by atoms with Gasteiger partial charge in [-0.25, -0.2) is 9.59 Å². The van der Waals surface area contributed by atoms with Crippen molar-refractivity contribution >= 4 is 30.6 Å². The van der Waals surface area contributed by atoms with Gasteiger partial charge in [0.1, 0.15) is 11.6 Å². The van der Waals surface area contributed by atoms with Crippen molar-refractivity contribution < 1.29 is 29.0 Å². The molecule has 0 aromatic carbocycles. The van der Waals surface area contributed by atoms with Crippen molar-refractivity contribution in [2.45, 2.75) is 71.2 Å². The smallest absolute Gasteiger partial charge is 0.408 e. The van der Waals surface area contributed by atoms with E-state index in [2.05, 4.69) is 28.0 Å². The van der Waals surface area contributed by atoms with Gasteiger partial charge in [-0.05, 0) is 26.7 Å². The summed E-state index contributed by atoms with van der Waals surface area (Å²) in [6.45, 7) is 8.85. The highest BCUT2D eigenvalue weighted by Gasteiger charge is 2.35. The molecule has 0 aliphatic rings. The molecule has 0 saturated heterocycles. The van der Waals surface area contributed by atoms with Crippen molar-refractivity contribution in [3.63, 3.8) is 0 Å². The third-order valence-corrected chi connectivity index (χ3v) is 4.18. The maximum atomic E-state index is 12.5. The highest BCUT2D eigenvalue weighted by atomic mass is 32.1. The van der Waals surface area contributed by atoms with Crippen LogP contribution in [0.3, 0.4) is 0 Å². The third kappa shape index (κ3) is 8.27. The summed E-state index contributed by atoms with van der Waals surface area (Å²) in [5.41, 5.74) is -0.720. The fourth-order valence-corrected chi connectivity index (χ4v) is 2.61. The van der Waals surface area contributed by atoms with E-state index in [1.807, 2.05) is 13.8 Å². The van der Waals surface area contributed by atoms with Gasteiger partial charge in [0, 0.05) is 5.75 Å². The van der Waals surface area contributed by atoms with Gasteiger partial charge in [0.15, 0.2) is 6.04 Å². The Hall–Kier alpha value is -1.48. The first-order valence-corrected chi connectivity index (χ1v) is 9.30. The highest BCUT2D eigenvalue weighted by molar-refractivity contribution is 7.80. The van der Waals surface area contributed by atoms with E-state index < -0.39 is 41.8 Å². The number of aliphatic hydroxyl groups excluding tert-OH is 1. The van der Waals surface area contributed by atoms with Gasteiger partial charge in [-0.1, -0.05) is 26.7 Å². The van der Waals surface area contributed by atoms with Gasteiger partial charge in [-0.2, -0.15) is 12.6 Å². The lowest BCUT2D eigenvalue weighted by Gasteiger charge is -2.29. The lowest BCUT2D eigenvalue weighted by molar-refractivity contribution is -0.149. The molecule has 2 amide bonds. The Kier molecular flexibility index (Phi) is 10.6. The molecular weight excluding hydrogens is 360 g/mol. The summed E-state index contributed by atoms with van der Waals surface area (Å²) in [7, 11) is 1.18. The molecule has 3 N–H and O–H groups in total. The number of aliphatic hydroxyl groups is 1. The predicted molar refractivity (Wildman–Crippen MR) is 101 cm³/mol. The number of hydrogen-bond acceptors (Lipinski definition) is 7. The largest absolute Gasteiger partial charge is 0.467 e. The summed E-state index contributed by atoms with van der Waals surface area (Å²) >= 11 is 4.06. The van der Waals surface area contributed by atoms with Gasteiger partial charge >= 0.3 is 12.1 Å². The second-order valence-corrected chi connectivity index (χ2v) is 7.32. The predicted octanol–water partition coefficient (Wildman–Crippen LogP) is 1.26. The normalized spacial score (nSPS) is 15.0. The molecule has 0 aromatic heterocycles. The van der Waals surface area contributed by atoms with E-state index in [-0.39, 0.29) is 11.7 Å². The third-order valence-electron chi connectivity index (χ3n) is 3.82. The van der Waals surface area contributed by atoms with Crippen LogP contribution < -0.4 is 10.6 Å². The van der Waals surface area contributed by atoms with Gasteiger partial charge in [-0.3, -0.25) is 4.79 Å². The summed E-state index contributed by atoms with van der Waals surface area (Å²) in [4.78, 5) is 36.3. The minimum atomic E-state index is -1.24. The number of rotatable bonds is 9. The van der Waals surface area contributed by atoms with Crippen molar-refractivity contribution in [1.29, 1.82) is 0 Å². The lowest BCUT2D eigenvalue weighted by atomic mass is 9.91. The Morgan fingerprint density at radius 3 is 2.04 bits per heavy atom. The molecule has 0 heterocycles. The van der Waals surface area contributed by atoms with Crippen LogP contribution in [0.15, 0.2) is 0 Å². The molecule has 0 radical (unpaired) electrons. The minimum absolute atomic E-state index is 0.0138. The topological polar surface area (TPSA) is 114 Å². The van der Waals surface area contributed by atoms with Crippen LogP contribution in [-0.2, 0) is 19.1 Å². The van der Waals surface area contributed by atoms with Crippen LogP contribution in [-0.4, -0.2) is 59.7 Å². The molecule has 26 heavy (non-hydrogen) atoms. The van der Waals surface area contributed by atoms with Gasteiger partial charge in [0.05, 0.1) is 13.2 Å². The number of alkyl carbamates (subject to hydrolysis) is 1. The molecule has 0 aliphatic carbocycles. The molecule has 3 atom stereocenters. The van der Waals surface area contributed by atoms with Gasteiger partial charge in [0.2, 0.25) is 5.91 Å². The Balaban J connectivity index is 5.14. The molecule has 0 aliphatic heterocycles. The second kappa shape index (κ2) is 11.3. The maximum Gasteiger partial charge on any atom is 0.408 e. The first-order chi connectivity index (χ1) is 12.0. The van der Waals surface area contributed by atoms with E-state index in [9.17, 15) is 19.5 Å². The number of carbonyl (C=O) groups excluding carboxylic acids is 3. The fourth-order valence-electron chi connectivity index (χ4n) is 2.35. The average molecular weight is 393 g/mol. The molecule has 0 fully saturated rings. The first-order valence-electron chi connectivity index (χ1n) is 8.67. The molecule has 152 valence electrons. The minimum Gasteiger partial charge on any atom is -0.467 e. The Morgan fingerprint density at radius 2 is 1.65 bits per heavy atom. The molecule has 0 aromatic rings. The average Bonchev–Trinajstić information content (AvgIpc) is 2.55. The quantitative estimate of drug-likeness (QED) is 0.347. The monoisotopic (exact) mass is 392 g/mol. The van der Waals surface area contributed by atoms with Crippen LogP contribution in [0.1, 0.15) is 47.5 Å². The Bertz CT molecular complexity index is 476. The summed E-state index contributed by atoms with van der Waals surface area (Å²) in [6, 6.07) is -2.27. The zero-order valence-corrected chi connectivity index (χ0v) is 17.3. The molecule has 0 bridgehead atoms. The van der Waals surface area contributed by atoms with Crippen LogP contribution in [0, 0.1) is 5.92 Å². The Labute approximate surface area is 160 Å². The Morgan fingerprint density at radius 1 is 1.12 bits per heavy atom. The van der Waals surface area contributed by atoms with Crippen molar-refractivity contribution in [1.82, 2.24) is 10.6 Å². The SMILES string of the molecule is CCC(CC)C(O)C(NC(=O)C(CS)NC(=O)OC(C)(C)C)C(=O)OC. The number of ether oxygens (including phenoxy) is 2. The zero-order valence-electron chi connectivity index (χ0n) is 16.4. The van der Waals surface area contributed by atoms with Crippen molar-refractivity contribution in [3.05, 3.63) is 0 Å². The van der Waals surface area contributed by atoms with E-state index in [4.69, 9.17) is 4.74 Å². The van der Waals surface area contributed by atoms with Crippen LogP contribution in [0.5, 0.6) is 0 Å². The van der Waals surface area contributed by atoms with Crippen LogP contribution >= 0.6 is 12.6 Å². The van der Waals surface area contributed by atoms with Gasteiger partial charge < -0.3 is 25.2 Å². The number of carbonyl (C=O) groups is 3. The highest BCUT2D eigenvalue weighted by Crippen LogP contribution is 2.17. The number of methoxy groups -OCH3 is 1. The number of thiol groups is 1. The molecular formula is C17H32N2O6S. The van der Waals surface area contributed by atoms with E-state index in [1.54, 1.807) is 20.8 Å². The van der Waals surface area contributed by atoms with E-state index in [0.717, 1.165) is 0 Å². The molecule has 0 spiro atoms. The molecule has 0 saturated carbocycles. The number of hydrogen-bond donors (Lipinski definition) is 4.